The van der Waals surface area contributed by atoms with Crippen LogP contribution in [0.2, 0.25) is 0 Å². The predicted molar refractivity (Wildman–Crippen MR) is 227 cm³/mol. The van der Waals surface area contributed by atoms with Crippen LogP contribution in [0.15, 0.2) is 60.8 Å². The molecule has 7 rings (SSSR count). The van der Waals surface area contributed by atoms with Gasteiger partial charge in [-0.15, -0.1) is 24.8 Å². The lowest BCUT2D eigenvalue weighted by Gasteiger charge is -2.30. The Bertz CT molecular complexity index is 2270. The Kier molecular flexibility index (Phi) is 14.0. The largest absolute Gasteiger partial charge is 0.453 e. The summed E-state index contributed by atoms with van der Waals surface area (Å²) in [5.74, 6) is 0.963. The Labute approximate surface area is 350 Å². The summed E-state index contributed by atoms with van der Waals surface area (Å²) < 4.78 is 9.54. The second-order valence-corrected chi connectivity index (χ2v) is 15.4. The highest BCUT2D eigenvalue weighted by Crippen LogP contribution is 2.36. The van der Waals surface area contributed by atoms with Crippen molar-refractivity contribution in [3.63, 3.8) is 0 Å². The van der Waals surface area contributed by atoms with Crippen molar-refractivity contribution in [1.29, 1.82) is 0 Å². The molecular formula is C42H52Cl2N8O6. The second kappa shape index (κ2) is 18.5. The van der Waals surface area contributed by atoms with E-state index in [-0.39, 0.29) is 60.5 Å². The molecule has 4 unspecified atom stereocenters. The van der Waals surface area contributed by atoms with Gasteiger partial charge in [-0.05, 0) is 83.7 Å². The Hall–Kier alpha value is -5.34. The molecule has 0 spiro atoms. The summed E-state index contributed by atoms with van der Waals surface area (Å²) in [7, 11) is 2.58. The van der Waals surface area contributed by atoms with Gasteiger partial charge in [0.1, 0.15) is 23.7 Å². The topological polar surface area (TPSA) is 175 Å². The fourth-order valence-electron chi connectivity index (χ4n) is 8.00. The van der Waals surface area contributed by atoms with Crippen molar-refractivity contribution in [3.8, 4) is 22.4 Å². The number of aromatic amines is 2. The van der Waals surface area contributed by atoms with Crippen molar-refractivity contribution in [1.82, 2.24) is 40.4 Å². The number of likely N-dealkylation sites (tertiary alicyclic amines) is 2. The van der Waals surface area contributed by atoms with E-state index in [0.717, 1.165) is 81.5 Å². The van der Waals surface area contributed by atoms with E-state index in [0.29, 0.717) is 13.1 Å². The van der Waals surface area contributed by atoms with Gasteiger partial charge in [-0.3, -0.25) is 9.59 Å². The molecule has 310 valence electrons. The predicted octanol–water partition coefficient (Wildman–Crippen LogP) is 7.71. The number of halogens is 2. The van der Waals surface area contributed by atoms with Gasteiger partial charge in [-0.25, -0.2) is 19.6 Å². The summed E-state index contributed by atoms with van der Waals surface area (Å²) in [6.45, 7) is 8.80. The standard InChI is InChI=1S/C42H50N8O6.2ClH/c1-23(2)35(47-41(53)55-5)39(51)49-17-7-9-33(49)37-43-22-32(46-37)29-14-13-25-19-26(11-12-27(25)20-29)28-15-16-30-31(21-28)45-38(44-30)34-10-8-18-50(34)40(52)36(24(3)4)48-42(54)56-6;;/h11-16,19-24,33-36H,7-10,17-18H2,1-6H3,(H,43,46)(H,44,45)(H,47,53)(H,48,54);2*1H. The molecule has 2 aromatic heterocycles. The average molecular weight is 836 g/mol. The monoisotopic (exact) mass is 834 g/mol. The average Bonchev–Trinajstić information content (AvgIpc) is 4.03. The maximum atomic E-state index is 13.6. The zero-order chi connectivity index (χ0) is 39.7. The Morgan fingerprint density at radius 1 is 0.690 bits per heavy atom. The van der Waals surface area contributed by atoms with Crippen LogP contribution in [0.3, 0.4) is 0 Å². The van der Waals surface area contributed by atoms with Gasteiger partial charge < -0.3 is 39.9 Å². The van der Waals surface area contributed by atoms with Crippen molar-refractivity contribution < 1.29 is 28.7 Å². The first kappa shape index (κ1) is 43.8. The quantitative estimate of drug-likeness (QED) is 0.111. The number of nitrogens with zero attached hydrogens (tertiary/aromatic N) is 4. The lowest BCUT2D eigenvalue weighted by Crippen LogP contribution is -2.51. The molecule has 14 nitrogen and oxygen atoms in total. The van der Waals surface area contributed by atoms with Gasteiger partial charge in [0.25, 0.3) is 0 Å². The second-order valence-electron chi connectivity index (χ2n) is 15.4. The van der Waals surface area contributed by atoms with Gasteiger partial charge in [0.2, 0.25) is 11.8 Å². The zero-order valence-corrected chi connectivity index (χ0v) is 35.2. The number of ether oxygens (including phenoxy) is 2. The van der Waals surface area contributed by atoms with E-state index in [1.807, 2.05) is 49.8 Å². The van der Waals surface area contributed by atoms with Crippen LogP contribution in [-0.2, 0) is 19.1 Å². The SMILES string of the molecule is COC(=O)NC(C(=O)N1CCCC1c1ncc(-c2ccc3cc(-c4ccc5nc(C6CCCN6C(=O)C(NC(=O)OC)C(C)C)[nH]c5c4)ccc3c2)[nH]1)C(C)C.Cl.Cl. The lowest BCUT2D eigenvalue weighted by molar-refractivity contribution is -0.136. The Balaban J connectivity index is 0.00000320. The van der Waals surface area contributed by atoms with Gasteiger partial charge in [0, 0.05) is 18.7 Å². The van der Waals surface area contributed by atoms with Crippen LogP contribution in [0.1, 0.15) is 77.1 Å². The smallest absolute Gasteiger partial charge is 0.407 e. The minimum atomic E-state index is -0.693. The highest BCUT2D eigenvalue weighted by molar-refractivity contribution is 5.92. The number of H-pyrrole nitrogens is 2. The highest BCUT2D eigenvalue weighted by Gasteiger charge is 2.39. The molecule has 2 aliphatic rings. The Morgan fingerprint density at radius 3 is 1.74 bits per heavy atom. The molecule has 0 bridgehead atoms. The van der Waals surface area contributed by atoms with Crippen LogP contribution >= 0.6 is 24.8 Å². The van der Waals surface area contributed by atoms with E-state index in [9.17, 15) is 19.2 Å². The number of benzene rings is 3. The molecule has 4 heterocycles. The molecule has 4 amide bonds. The molecule has 2 fully saturated rings. The molecule has 4 N–H and O–H groups in total. The van der Waals surface area contributed by atoms with Crippen molar-refractivity contribution in [2.45, 2.75) is 77.5 Å². The van der Waals surface area contributed by atoms with Crippen LogP contribution in [0.4, 0.5) is 9.59 Å². The number of carbonyl (C=O) groups excluding carboxylic acids is 4. The van der Waals surface area contributed by atoms with Crippen LogP contribution in [0, 0.1) is 11.8 Å². The molecule has 16 heteroatoms. The summed E-state index contributed by atoms with van der Waals surface area (Å²) in [6, 6.07) is 17.0. The molecule has 3 aromatic carbocycles. The molecule has 4 atom stereocenters. The fourth-order valence-corrected chi connectivity index (χ4v) is 8.00. The lowest BCUT2D eigenvalue weighted by atomic mass is 9.99. The van der Waals surface area contributed by atoms with Crippen molar-refractivity contribution >= 4 is 70.6 Å². The number of methoxy groups -OCH3 is 2. The van der Waals surface area contributed by atoms with Gasteiger partial charge >= 0.3 is 12.2 Å². The number of fused-ring (bicyclic) bond motifs is 2. The first-order valence-electron chi connectivity index (χ1n) is 19.3. The summed E-state index contributed by atoms with van der Waals surface area (Å²) in [6.07, 6.45) is 3.82. The zero-order valence-electron chi connectivity index (χ0n) is 33.5. The number of carbonyl (C=O) groups is 4. The maximum Gasteiger partial charge on any atom is 0.407 e. The summed E-state index contributed by atoms with van der Waals surface area (Å²) in [5, 5.41) is 7.57. The molecule has 0 aliphatic carbocycles. The van der Waals surface area contributed by atoms with Gasteiger partial charge in [0.05, 0.1) is 49.2 Å². The molecule has 0 saturated carbocycles. The number of aromatic nitrogens is 4. The van der Waals surface area contributed by atoms with Crippen LogP contribution in [0.25, 0.3) is 44.2 Å². The van der Waals surface area contributed by atoms with Crippen LogP contribution in [0.5, 0.6) is 0 Å². The van der Waals surface area contributed by atoms with Gasteiger partial charge in [-0.2, -0.15) is 0 Å². The van der Waals surface area contributed by atoms with Crippen LogP contribution < -0.4 is 10.6 Å². The van der Waals surface area contributed by atoms with Crippen molar-refractivity contribution in [3.05, 3.63) is 72.4 Å². The Morgan fingerprint density at radius 2 is 1.19 bits per heavy atom. The number of nitrogens with one attached hydrogen (secondary N) is 4. The van der Waals surface area contributed by atoms with E-state index >= 15 is 0 Å². The summed E-state index contributed by atoms with van der Waals surface area (Å²) in [4.78, 5) is 71.4. The number of amides is 4. The fraction of sp³-hybridized carbons (Fsp3) is 0.429. The van der Waals surface area contributed by atoms with E-state index in [4.69, 9.17) is 19.4 Å². The number of hydrogen-bond acceptors (Lipinski definition) is 8. The van der Waals surface area contributed by atoms with E-state index in [2.05, 4.69) is 69.1 Å². The van der Waals surface area contributed by atoms with Crippen molar-refractivity contribution in [2.75, 3.05) is 27.3 Å². The molecule has 5 aromatic rings. The normalized spacial score (nSPS) is 17.5. The highest BCUT2D eigenvalue weighted by atomic mass is 35.5. The summed E-state index contributed by atoms with van der Waals surface area (Å²) >= 11 is 0. The third-order valence-corrected chi connectivity index (χ3v) is 11.1. The number of rotatable bonds is 10. The van der Waals surface area contributed by atoms with E-state index in [1.54, 1.807) is 0 Å². The van der Waals surface area contributed by atoms with E-state index in [1.165, 1.54) is 14.2 Å². The minimum Gasteiger partial charge on any atom is -0.453 e. The maximum absolute atomic E-state index is 13.6. The van der Waals surface area contributed by atoms with E-state index < -0.39 is 24.3 Å². The van der Waals surface area contributed by atoms with Gasteiger partial charge in [-0.1, -0.05) is 58.0 Å². The first-order valence-corrected chi connectivity index (χ1v) is 19.3. The molecule has 2 saturated heterocycles. The number of alkyl carbamates (subject to hydrolysis) is 2. The molecular weight excluding hydrogens is 783 g/mol. The van der Waals surface area contributed by atoms with Crippen LogP contribution in [-0.4, -0.2) is 93.1 Å². The molecule has 0 radical (unpaired) electrons. The number of imidazole rings is 2. The summed E-state index contributed by atoms with van der Waals surface area (Å²) in [5.41, 5.74) is 5.65. The number of hydrogen-bond donors (Lipinski definition) is 4. The third kappa shape index (κ3) is 8.87. The van der Waals surface area contributed by atoms with Gasteiger partial charge in [0.15, 0.2) is 0 Å². The first-order chi connectivity index (χ1) is 26.9. The minimum absolute atomic E-state index is 0. The van der Waals surface area contributed by atoms with Crippen molar-refractivity contribution in [2.24, 2.45) is 11.8 Å². The third-order valence-electron chi connectivity index (χ3n) is 11.1. The molecule has 2 aliphatic heterocycles. The molecule has 58 heavy (non-hydrogen) atoms.